The maximum atomic E-state index is 11.7. The lowest BCUT2D eigenvalue weighted by molar-refractivity contribution is -0.154. The Balaban J connectivity index is 1.86. The van der Waals surface area contributed by atoms with Crippen molar-refractivity contribution in [3.63, 3.8) is 0 Å². The van der Waals surface area contributed by atoms with Gasteiger partial charge >= 0.3 is 5.97 Å². The van der Waals surface area contributed by atoms with Crippen molar-refractivity contribution in [1.29, 1.82) is 0 Å². The standard InChI is InChI=1S/C26H35NO4/c1-26(2,3)31-24(29)15-11-6-5-7-12-18-27-25(20-13-9-8-10-14-20)22-17-16-21(30-4)19-23(22)28/h8-10,13-14,16-17,19,28H,5-7,11-12,15,18H2,1-4H3. The molecule has 168 valence electrons. The van der Waals surface area contributed by atoms with Crippen LogP contribution >= 0.6 is 0 Å². The van der Waals surface area contributed by atoms with E-state index >= 15 is 0 Å². The van der Waals surface area contributed by atoms with Crippen LogP contribution in [0.3, 0.4) is 0 Å². The highest BCUT2D eigenvalue weighted by atomic mass is 16.6. The molecule has 0 unspecified atom stereocenters. The Labute approximate surface area is 186 Å². The van der Waals surface area contributed by atoms with Crippen molar-refractivity contribution in [1.82, 2.24) is 0 Å². The second-order valence-corrected chi connectivity index (χ2v) is 8.58. The number of esters is 1. The number of aromatic hydroxyl groups is 1. The Bertz CT molecular complexity index is 853. The SMILES string of the molecule is COc1ccc(C(=NCCCCCCCC(=O)OC(C)(C)C)c2ccccc2)c(O)c1. The number of methoxy groups -OCH3 is 1. The molecule has 5 nitrogen and oxygen atoms in total. The summed E-state index contributed by atoms with van der Waals surface area (Å²) < 4.78 is 10.5. The van der Waals surface area contributed by atoms with E-state index in [9.17, 15) is 9.90 Å². The number of rotatable bonds is 11. The van der Waals surface area contributed by atoms with E-state index < -0.39 is 5.60 Å². The van der Waals surface area contributed by atoms with Crippen molar-refractivity contribution in [2.24, 2.45) is 4.99 Å². The van der Waals surface area contributed by atoms with E-state index in [0.717, 1.165) is 43.4 Å². The first kappa shape index (κ1) is 24.4. The van der Waals surface area contributed by atoms with Crippen LogP contribution in [0.4, 0.5) is 0 Å². The van der Waals surface area contributed by atoms with Gasteiger partial charge in [-0.2, -0.15) is 0 Å². The largest absolute Gasteiger partial charge is 0.507 e. The third-order valence-electron chi connectivity index (χ3n) is 4.74. The summed E-state index contributed by atoms with van der Waals surface area (Å²) in [6.07, 6.45) is 5.41. The van der Waals surface area contributed by atoms with Crippen molar-refractivity contribution in [3.8, 4) is 11.5 Å². The quantitative estimate of drug-likeness (QED) is 0.276. The molecule has 0 saturated heterocycles. The third kappa shape index (κ3) is 8.83. The number of ether oxygens (including phenoxy) is 2. The van der Waals surface area contributed by atoms with Crippen molar-refractivity contribution in [2.75, 3.05) is 13.7 Å². The van der Waals surface area contributed by atoms with Crippen molar-refractivity contribution in [2.45, 2.75) is 64.9 Å². The van der Waals surface area contributed by atoms with Gasteiger partial charge in [-0.1, -0.05) is 49.6 Å². The van der Waals surface area contributed by atoms with Gasteiger partial charge in [-0.3, -0.25) is 9.79 Å². The number of hydrogen-bond donors (Lipinski definition) is 1. The van der Waals surface area contributed by atoms with Gasteiger partial charge < -0.3 is 14.6 Å². The Morgan fingerprint density at radius 2 is 1.65 bits per heavy atom. The first-order valence-electron chi connectivity index (χ1n) is 11.0. The first-order chi connectivity index (χ1) is 14.8. The fourth-order valence-electron chi connectivity index (χ4n) is 3.26. The lowest BCUT2D eigenvalue weighted by Crippen LogP contribution is -2.23. The first-order valence-corrected chi connectivity index (χ1v) is 11.0. The highest BCUT2D eigenvalue weighted by molar-refractivity contribution is 6.14. The second-order valence-electron chi connectivity index (χ2n) is 8.58. The average molecular weight is 426 g/mol. The second kappa shape index (κ2) is 12.1. The predicted molar refractivity (Wildman–Crippen MR) is 125 cm³/mol. The van der Waals surface area contributed by atoms with Crippen LogP contribution in [0.15, 0.2) is 53.5 Å². The Hall–Kier alpha value is -2.82. The fourth-order valence-corrected chi connectivity index (χ4v) is 3.26. The van der Waals surface area contributed by atoms with Gasteiger partial charge in [0, 0.05) is 30.2 Å². The van der Waals surface area contributed by atoms with Gasteiger partial charge in [0.25, 0.3) is 0 Å². The van der Waals surface area contributed by atoms with Gasteiger partial charge in [-0.15, -0.1) is 0 Å². The molecule has 5 heteroatoms. The van der Waals surface area contributed by atoms with Crippen molar-refractivity contribution < 1.29 is 19.4 Å². The zero-order chi connectivity index (χ0) is 22.7. The molecule has 0 amide bonds. The molecule has 0 aliphatic heterocycles. The monoisotopic (exact) mass is 425 g/mol. The van der Waals surface area contributed by atoms with Crippen molar-refractivity contribution >= 4 is 11.7 Å². The molecule has 0 aromatic heterocycles. The minimum Gasteiger partial charge on any atom is -0.507 e. The number of carbonyl (C=O) groups is 1. The molecule has 0 bridgehead atoms. The van der Waals surface area contributed by atoms with Crippen LogP contribution < -0.4 is 4.74 Å². The maximum absolute atomic E-state index is 11.7. The average Bonchev–Trinajstić information content (AvgIpc) is 2.72. The van der Waals surface area contributed by atoms with E-state index in [1.165, 1.54) is 0 Å². The number of nitrogens with zero attached hydrogens (tertiary/aromatic N) is 1. The molecule has 2 rings (SSSR count). The van der Waals surface area contributed by atoms with Crippen LogP contribution in [0, 0.1) is 0 Å². The molecule has 0 radical (unpaired) electrons. The predicted octanol–water partition coefficient (Wildman–Crippen LogP) is 5.92. The summed E-state index contributed by atoms with van der Waals surface area (Å²) in [4.78, 5) is 16.5. The van der Waals surface area contributed by atoms with Gasteiger partial charge in [0.15, 0.2) is 0 Å². The lowest BCUT2D eigenvalue weighted by Gasteiger charge is -2.19. The van der Waals surface area contributed by atoms with Crippen LogP contribution in [0.5, 0.6) is 11.5 Å². The van der Waals surface area contributed by atoms with E-state index in [0.29, 0.717) is 24.3 Å². The van der Waals surface area contributed by atoms with E-state index in [1.807, 2.05) is 63.2 Å². The van der Waals surface area contributed by atoms with Crippen LogP contribution in [0.2, 0.25) is 0 Å². The lowest BCUT2D eigenvalue weighted by atomic mass is 10.0. The molecular weight excluding hydrogens is 390 g/mol. The number of unbranched alkanes of at least 4 members (excludes halogenated alkanes) is 4. The molecule has 2 aromatic rings. The minimum absolute atomic E-state index is 0.121. The summed E-state index contributed by atoms with van der Waals surface area (Å²) in [5.74, 6) is 0.646. The highest BCUT2D eigenvalue weighted by Gasteiger charge is 2.15. The molecule has 0 spiro atoms. The van der Waals surface area contributed by atoms with Gasteiger partial charge in [0.2, 0.25) is 0 Å². The Kier molecular flexibility index (Phi) is 9.57. The number of benzene rings is 2. The number of phenolic OH excluding ortho intramolecular Hbond substituents is 1. The van der Waals surface area contributed by atoms with E-state index in [-0.39, 0.29) is 11.7 Å². The van der Waals surface area contributed by atoms with E-state index in [1.54, 1.807) is 13.2 Å². The molecule has 1 N–H and O–H groups in total. The van der Waals surface area contributed by atoms with Gasteiger partial charge in [0.1, 0.15) is 17.1 Å². The number of aliphatic imine (C=N–C) groups is 1. The molecule has 0 aliphatic carbocycles. The summed E-state index contributed by atoms with van der Waals surface area (Å²) in [5.41, 5.74) is 2.04. The summed E-state index contributed by atoms with van der Waals surface area (Å²) in [6, 6.07) is 15.2. The summed E-state index contributed by atoms with van der Waals surface area (Å²) >= 11 is 0. The van der Waals surface area contributed by atoms with Gasteiger partial charge in [-0.05, 0) is 45.7 Å². The molecule has 0 aliphatic rings. The zero-order valence-electron chi connectivity index (χ0n) is 19.2. The maximum Gasteiger partial charge on any atom is 0.306 e. The molecule has 0 atom stereocenters. The van der Waals surface area contributed by atoms with Crippen LogP contribution in [0.1, 0.15) is 70.4 Å². The summed E-state index contributed by atoms with van der Waals surface area (Å²) in [6.45, 7) is 6.35. The normalized spacial score (nSPS) is 11.9. The van der Waals surface area contributed by atoms with E-state index in [2.05, 4.69) is 0 Å². The molecule has 2 aromatic carbocycles. The Morgan fingerprint density at radius 1 is 0.968 bits per heavy atom. The van der Waals surface area contributed by atoms with Crippen LogP contribution in [-0.2, 0) is 9.53 Å². The minimum atomic E-state index is -0.413. The molecule has 31 heavy (non-hydrogen) atoms. The third-order valence-corrected chi connectivity index (χ3v) is 4.74. The van der Waals surface area contributed by atoms with Gasteiger partial charge in [0.05, 0.1) is 12.8 Å². The molecule has 0 saturated carbocycles. The fraction of sp³-hybridized carbons (Fsp3) is 0.462. The molecular formula is C26H35NO4. The molecule has 0 heterocycles. The summed E-state index contributed by atoms with van der Waals surface area (Å²) in [7, 11) is 1.58. The number of carbonyl (C=O) groups excluding carboxylic acids is 1. The smallest absolute Gasteiger partial charge is 0.306 e. The summed E-state index contributed by atoms with van der Waals surface area (Å²) in [5, 5.41) is 10.5. The van der Waals surface area contributed by atoms with Crippen molar-refractivity contribution in [3.05, 3.63) is 59.7 Å². The van der Waals surface area contributed by atoms with Crippen LogP contribution in [-0.4, -0.2) is 36.0 Å². The zero-order valence-corrected chi connectivity index (χ0v) is 19.2. The number of hydrogen-bond acceptors (Lipinski definition) is 5. The Morgan fingerprint density at radius 3 is 2.29 bits per heavy atom. The molecule has 0 fully saturated rings. The van der Waals surface area contributed by atoms with E-state index in [4.69, 9.17) is 14.5 Å². The highest BCUT2D eigenvalue weighted by Crippen LogP contribution is 2.26. The number of phenols is 1. The van der Waals surface area contributed by atoms with Gasteiger partial charge in [-0.25, -0.2) is 0 Å². The topological polar surface area (TPSA) is 68.1 Å². The van der Waals surface area contributed by atoms with Crippen LogP contribution in [0.25, 0.3) is 0 Å².